The molecule has 4 aromatic rings. The first-order valence-electron chi connectivity index (χ1n) is 13.0. The van der Waals surface area contributed by atoms with Gasteiger partial charge in [0.05, 0.1) is 11.6 Å². The molecule has 0 amide bonds. The standard InChI is InChI=1S/C34H32NP/c1-22-9-5-10-23(2)32(22)36(33-24(3)11-6-12-25(33)4)29-16-8-14-27-18-20-34(31(27)29)19-17-26-13-7-15-28(21-35)30(26)34/h5-16H,17-20H2,1-4H3/t34-/m0/s1. The molecule has 0 saturated carbocycles. The maximum atomic E-state index is 10.1. The van der Waals surface area contributed by atoms with Crippen LogP contribution in [0.4, 0.5) is 0 Å². The van der Waals surface area contributed by atoms with Crippen molar-refractivity contribution in [2.24, 2.45) is 0 Å². The van der Waals surface area contributed by atoms with Gasteiger partial charge in [-0.25, -0.2) is 0 Å². The van der Waals surface area contributed by atoms with Crippen LogP contribution in [0.25, 0.3) is 0 Å². The lowest BCUT2D eigenvalue weighted by Crippen LogP contribution is -2.34. The van der Waals surface area contributed by atoms with Crippen molar-refractivity contribution in [1.29, 1.82) is 5.26 Å². The van der Waals surface area contributed by atoms with Gasteiger partial charge in [0, 0.05) is 5.41 Å². The number of hydrogen-bond donors (Lipinski definition) is 0. The summed E-state index contributed by atoms with van der Waals surface area (Å²) in [6.07, 6.45) is 4.36. The van der Waals surface area contributed by atoms with Crippen LogP contribution in [0.3, 0.4) is 0 Å². The zero-order chi connectivity index (χ0) is 25.0. The number of aryl methyl sites for hydroxylation is 6. The number of benzene rings is 4. The normalized spacial score (nSPS) is 17.9. The summed E-state index contributed by atoms with van der Waals surface area (Å²) in [5.74, 6) is 0. The summed E-state index contributed by atoms with van der Waals surface area (Å²) < 4.78 is 0. The molecule has 0 fully saturated rings. The molecule has 4 aromatic carbocycles. The van der Waals surface area contributed by atoms with E-state index >= 15 is 0 Å². The van der Waals surface area contributed by atoms with E-state index in [9.17, 15) is 5.26 Å². The van der Waals surface area contributed by atoms with Crippen LogP contribution in [0.5, 0.6) is 0 Å². The Labute approximate surface area is 216 Å². The Balaban J connectivity index is 1.70. The van der Waals surface area contributed by atoms with E-state index in [4.69, 9.17) is 0 Å². The zero-order valence-electron chi connectivity index (χ0n) is 21.7. The molecule has 0 bridgehead atoms. The van der Waals surface area contributed by atoms with Crippen LogP contribution in [0, 0.1) is 39.0 Å². The van der Waals surface area contributed by atoms with Crippen molar-refractivity contribution in [2.75, 3.05) is 0 Å². The van der Waals surface area contributed by atoms with Crippen LogP contribution in [0.15, 0.2) is 72.8 Å². The molecule has 6 rings (SSSR count). The second kappa shape index (κ2) is 8.73. The Kier molecular flexibility index (Phi) is 5.63. The van der Waals surface area contributed by atoms with Gasteiger partial charge in [0.25, 0.3) is 0 Å². The first kappa shape index (κ1) is 23.2. The average molecular weight is 486 g/mol. The second-order valence-electron chi connectivity index (χ2n) is 10.7. The Morgan fingerprint density at radius 3 is 1.64 bits per heavy atom. The minimum atomic E-state index is -0.760. The van der Waals surface area contributed by atoms with Crippen molar-refractivity contribution in [3.8, 4) is 6.07 Å². The Bertz CT molecular complexity index is 1460. The molecular weight excluding hydrogens is 453 g/mol. The molecule has 0 unspecified atom stereocenters. The van der Waals surface area contributed by atoms with E-state index in [1.807, 2.05) is 6.07 Å². The van der Waals surface area contributed by atoms with E-state index in [1.54, 1.807) is 0 Å². The van der Waals surface area contributed by atoms with Crippen LogP contribution in [0.1, 0.15) is 62.9 Å². The van der Waals surface area contributed by atoms with Gasteiger partial charge >= 0.3 is 0 Å². The van der Waals surface area contributed by atoms with Gasteiger partial charge in [-0.1, -0.05) is 66.7 Å². The minimum Gasteiger partial charge on any atom is -0.192 e. The quantitative estimate of drug-likeness (QED) is 0.295. The highest BCUT2D eigenvalue weighted by atomic mass is 31.1. The van der Waals surface area contributed by atoms with Gasteiger partial charge in [-0.05, 0) is 128 Å². The molecule has 0 saturated heterocycles. The Morgan fingerprint density at radius 2 is 1.11 bits per heavy atom. The summed E-state index contributed by atoms with van der Waals surface area (Å²) in [7, 11) is -0.760. The van der Waals surface area contributed by atoms with Crippen molar-refractivity contribution in [1.82, 2.24) is 0 Å². The molecule has 0 heterocycles. The third-order valence-corrected chi connectivity index (χ3v) is 11.7. The summed E-state index contributed by atoms with van der Waals surface area (Å²) in [4.78, 5) is 0. The van der Waals surface area contributed by atoms with Gasteiger partial charge in [-0.3, -0.25) is 0 Å². The van der Waals surface area contributed by atoms with E-state index in [0.717, 1.165) is 31.2 Å². The summed E-state index contributed by atoms with van der Waals surface area (Å²) in [6.45, 7) is 9.12. The topological polar surface area (TPSA) is 23.8 Å². The minimum absolute atomic E-state index is 0.0542. The van der Waals surface area contributed by atoms with Crippen molar-refractivity contribution >= 4 is 23.8 Å². The number of nitriles is 1. The van der Waals surface area contributed by atoms with Crippen LogP contribution in [0.2, 0.25) is 0 Å². The molecule has 2 aliphatic rings. The number of nitrogens with zero attached hydrogens (tertiary/aromatic N) is 1. The lowest BCUT2D eigenvalue weighted by atomic mass is 9.75. The van der Waals surface area contributed by atoms with Gasteiger partial charge in [-0.2, -0.15) is 5.26 Å². The van der Waals surface area contributed by atoms with E-state index in [-0.39, 0.29) is 5.41 Å². The average Bonchev–Trinajstić information content (AvgIpc) is 3.44. The van der Waals surface area contributed by atoms with E-state index in [2.05, 4.69) is 100 Å². The Hall–Kier alpha value is -3.20. The monoisotopic (exact) mass is 485 g/mol. The molecule has 1 spiro atoms. The SMILES string of the molecule is Cc1cccc(C)c1P(c1cccc2c1[C@@]1(CCc3cccc(C#N)c31)CC2)c1c(C)cccc1C. The zero-order valence-corrected chi connectivity index (χ0v) is 22.5. The van der Waals surface area contributed by atoms with Gasteiger partial charge in [0.1, 0.15) is 0 Å². The number of fused-ring (bicyclic) bond motifs is 4. The predicted octanol–water partition coefficient (Wildman–Crippen LogP) is 6.73. The van der Waals surface area contributed by atoms with E-state index in [0.29, 0.717) is 0 Å². The third-order valence-electron chi connectivity index (χ3n) is 8.57. The molecular formula is C34H32NP. The summed E-state index contributed by atoms with van der Waals surface area (Å²) >= 11 is 0. The molecule has 1 atom stereocenters. The highest BCUT2D eigenvalue weighted by Crippen LogP contribution is 2.55. The van der Waals surface area contributed by atoms with Gasteiger partial charge < -0.3 is 0 Å². The van der Waals surface area contributed by atoms with Crippen molar-refractivity contribution in [3.63, 3.8) is 0 Å². The fourth-order valence-electron chi connectivity index (χ4n) is 7.12. The fourth-order valence-corrected chi connectivity index (χ4v) is 10.3. The molecule has 36 heavy (non-hydrogen) atoms. The molecule has 0 aromatic heterocycles. The Morgan fingerprint density at radius 1 is 0.639 bits per heavy atom. The van der Waals surface area contributed by atoms with E-state index in [1.165, 1.54) is 60.4 Å². The highest BCUT2D eigenvalue weighted by molar-refractivity contribution is 7.80. The molecule has 0 radical (unpaired) electrons. The van der Waals surface area contributed by atoms with Gasteiger partial charge in [-0.15, -0.1) is 0 Å². The van der Waals surface area contributed by atoms with Crippen LogP contribution >= 0.6 is 7.92 Å². The van der Waals surface area contributed by atoms with E-state index < -0.39 is 7.92 Å². The first-order chi connectivity index (χ1) is 17.5. The van der Waals surface area contributed by atoms with Gasteiger partial charge in [0.15, 0.2) is 0 Å². The summed E-state index contributed by atoms with van der Waals surface area (Å²) in [5, 5.41) is 14.6. The fraction of sp³-hybridized carbons (Fsp3) is 0.265. The van der Waals surface area contributed by atoms with Crippen molar-refractivity contribution in [3.05, 3.63) is 123 Å². The lowest BCUT2D eigenvalue weighted by molar-refractivity contribution is 0.508. The molecule has 1 nitrogen and oxygen atoms in total. The molecule has 178 valence electrons. The lowest BCUT2D eigenvalue weighted by Gasteiger charge is -2.34. The smallest absolute Gasteiger partial charge is 0.0994 e. The highest BCUT2D eigenvalue weighted by Gasteiger charge is 2.48. The van der Waals surface area contributed by atoms with Crippen LogP contribution in [-0.4, -0.2) is 0 Å². The van der Waals surface area contributed by atoms with Crippen LogP contribution < -0.4 is 15.9 Å². The summed E-state index contributed by atoms with van der Waals surface area (Å²) in [5.41, 5.74) is 12.0. The first-order valence-corrected chi connectivity index (χ1v) is 14.4. The van der Waals surface area contributed by atoms with Crippen LogP contribution in [-0.2, 0) is 18.3 Å². The number of rotatable bonds is 3. The summed E-state index contributed by atoms with van der Waals surface area (Å²) in [6, 6.07) is 29.5. The largest absolute Gasteiger partial charge is 0.192 e. The maximum Gasteiger partial charge on any atom is 0.0994 e. The number of hydrogen-bond acceptors (Lipinski definition) is 1. The maximum absolute atomic E-state index is 10.1. The predicted molar refractivity (Wildman–Crippen MR) is 153 cm³/mol. The van der Waals surface area contributed by atoms with Gasteiger partial charge in [0.2, 0.25) is 0 Å². The van der Waals surface area contributed by atoms with Crippen molar-refractivity contribution in [2.45, 2.75) is 58.8 Å². The second-order valence-corrected chi connectivity index (χ2v) is 12.7. The molecule has 2 aliphatic carbocycles. The third kappa shape index (κ3) is 3.32. The molecule has 0 N–H and O–H groups in total. The molecule has 0 aliphatic heterocycles. The van der Waals surface area contributed by atoms with Crippen molar-refractivity contribution < 1.29 is 0 Å². The molecule has 2 heteroatoms.